The maximum absolute atomic E-state index is 11.8. The van der Waals surface area contributed by atoms with Crippen LogP contribution in [0.5, 0.6) is 0 Å². The Hall–Kier alpha value is -2.21. The number of aryl methyl sites for hydroxylation is 1. The second-order valence-electron chi connectivity index (χ2n) is 5.08. The minimum absolute atomic E-state index is 0.102. The molecule has 6 heteroatoms. The third-order valence-corrected chi connectivity index (χ3v) is 4.40. The molecule has 0 unspecified atom stereocenters. The third kappa shape index (κ3) is 3.71. The van der Waals surface area contributed by atoms with Crippen molar-refractivity contribution in [2.24, 2.45) is 0 Å². The summed E-state index contributed by atoms with van der Waals surface area (Å²) in [6.07, 6.45) is 5.05. The zero-order valence-corrected chi connectivity index (χ0v) is 13.1. The zero-order valence-electron chi connectivity index (χ0n) is 12.2. The van der Waals surface area contributed by atoms with Crippen LogP contribution in [-0.4, -0.2) is 27.0 Å². The number of pyridine rings is 1. The average molecular weight is 314 g/mol. The van der Waals surface area contributed by atoms with Crippen molar-refractivity contribution in [3.8, 4) is 0 Å². The van der Waals surface area contributed by atoms with Crippen molar-refractivity contribution in [3.05, 3.63) is 52.6 Å². The Morgan fingerprint density at radius 1 is 1.18 bits per heavy atom. The lowest BCUT2D eigenvalue weighted by Crippen LogP contribution is -2.26. The summed E-state index contributed by atoms with van der Waals surface area (Å²) >= 11 is 1.74. The molecule has 1 N–H and O–H groups in total. The highest BCUT2D eigenvalue weighted by atomic mass is 32.1. The zero-order chi connectivity index (χ0) is 15.2. The number of carbonyl (C=O) groups excluding carboxylic acids is 1. The highest BCUT2D eigenvalue weighted by Crippen LogP contribution is 2.11. The van der Waals surface area contributed by atoms with Gasteiger partial charge in [0.05, 0.1) is 0 Å². The molecule has 0 aromatic carbocycles. The van der Waals surface area contributed by atoms with Crippen LogP contribution in [0.3, 0.4) is 0 Å². The first-order chi connectivity index (χ1) is 10.8. The predicted molar refractivity (Wildman–Crippen MR) is 87.0 cm³/mol. The van der Waals surface area contributed by atoms with Gasteiger partial charge in [-0.3, -0.25) is 9.20 Å². The van der Waals surface area contributed by atoms with E-state index >= 15 is 0 Å². The SMILES string of the molecule is O=C(CCCc1cccs1)NCCc1nnc2ccccn12. The number of fused-ring (bicyclic) bond motifs is 1. The van der Waals surface area contributed by atoms with Gasteiger partial charge in [-0.05, 0) is 36.4 Å². The van der Waals surface area contributed by atoms with Crippen molar-refractivity contribution in [3.63, 3.8) is 0 Å². The quantitative estimate of drug-likeness (QED) is 0.729. The minimum atomic E-state index is 0.102. The summed E-state index contributed by atoms with van der Waals surface area (Å²) in [7, 11) is 0. The van der Waals surface area contributed by atoms with Gasteiger partial charge >= 0.3 is 0 Å². The molecule has 0 bridgehead atoms. The Balaban J connectivity index is 1.40. The summed E-state index contributed by atoms with van der Waals surface area (Å²) < 4.78 is 1.95. The smallest absolute Gasteiger partial charge is 0.220 e. The molecule has 114 valence electrons. The maximum atomic E-state index is 11.8. The largest absolute Gasteiger partial charge is 0.356 e. The van der Waals surface area contributed by atoms with E-state index in [1.54, 1.807) is 11.3 Å². The van der Waals surface area contributed by atoms with Crippen molar-refractivity contribution in [1.82, 2.24) is 19.9 Å². The van der Waals surface area contributed by atoms with E-state index in [0.717, 1.165) is 24.3 Å². The summed E-state index contributed by atoms with van der Waals surface area (Å²) in [5, 5.41) is 13.3. The highest BCUT2D eigenvalue weighted by molar-refractivity contribution is 7.09. The van der Waals surface area contributed by atoms with Gasteiger partial charge in [0, 0.05) is 30.5 Å². The van der Waals surface area contributed by atoms with Crippen LogP contribution >= 0.6 is 11.3 Å². The number of nitrogens with one attached hydrogen (secondary N) is 1. The van der Waals surface area contributed by atoms with Crippen LogP contribution in [0, 0.1) is 0 Å². The van der Waals surface area contributed by atoms with E-state index in [-0.39, 0.29) is 5.91 Å². The van der Waals surface area contributed by atoms with Gasteiger partial charge < -0.3 is 5.32 Å². The van der Waals surface area contributed by atoms with Crippen LogP contribution < -0.4 is 5.32 Å². The number of thiophene rings is 1. The molecule has 0 aliphatic carbocycles. The fourth-order valence-corrected chi connectivity index (χ4v) is 3.09. The molecule has 5 nitrogen and oxygen atoms in total. The Labute approximate surface area is 133 Å². The van der Waals surface area contributed by atoms with Gasteiger partial charge in [0.15, 0.2) is 5.65 Å². The number of carbonyl (C=O) groups is 1. The normalized spacial score (nSPS) is 10.9. The molecule has 0 fully saturated rings. The second kappa shape index (κ2) is 7.17. The van der Waals surface area contributed by atoms with E-state index in [4.69, 9.17) is 0 Å². The Morgan fingerprint density at radius 2 is 2.14 bits per heavy atom. The van der Waals surface area contributed by atoms with Gasteiger partial charge in [0.1, 0.15) is 5.82 Å². The first-order valence-electron chi connectivity index (χ1n) is 7.40. The van der Waals surface area contributed by atoms with Crippen molar-refractivity contribution < 1.29 is 4.79 Å². The fourth-order valence-electron chi connectivity index (χ4n) is 2.34. The van der Waals surface area contributed by atoms with Crippen LogP contribution in [0.1, 0.15) is 23.5 Å². The van der Waals surface area contributed by atoms with Gasteiger partial charge in [0.25, 0.3) is 0 Å². The molecule has 3 rings (SSSR count). The lowest BCUT2D eigenvalue weighted by molar-refractivity contribution is -0.121. The van der Waals surface area contributed by atoms with Gasteiger partial charge in [-0.2, -0.15) is 0 Å². The first kappa shape index (κ1) is 14.7. The highest BCUT2D eigenvalue weighted by Gasteiger charge is 2.06. The van der Waals surface area contributed by atoms with Crippen LogP contribution in [0.25, 0.3) is 5.65 Å². The molecule has 1 amide bonds. The fraction of sp³-hybridized carbons (Fsp3) is 0.312. The van der Waals surface area contributed by atoms with E-state index < -0.39 is 0 Å². The van der Waals surface area contributed by atoms with Gasteiger partial charge in [-0.1, -0.05) is 12.1 Å². The average Bonchev–Trinajstić information content (AvgIpc) is 3.17. The summed E-state index contributed by atoms with van der Waals surface area (Å²) in [4.78, 5) is 13.1. The molecular weight excluding hydrogens is 296 g/mol. The standard InChI is InChI=1S/C16H18N4OS/c21-16(8-3-5-13-6-4-12-22-13)17-10-9-15-19-18-14-7-1-2-11-20(14)15/h1-2,4,6-7,11-12H,3,5,8-10H2,(H,17,21). The van der Waals surface area contributed by atoms with Crippen molar-refractivity contribution in [2.75, 3.05) is 6.54 Å². The molecule has 0 saturated heterocycles. The lowest BCUT2D eigenvalue weighted by atomic mass is 10.2. The van der Waals surface area contributed by atoms with E-state index in [1.807, 2.05) is 34.9 Å². The van der Waals surface area contributed by atoms with Crippen LogP contribution in [-0.2, 0) is 17.6 Å². The van der Waals surface area contributed by atoms with Gasteiger partial charge in [0.2, 0.25) is 5.91 Å². The van der Waals surface area contributed by atoms with Crippen molar-refractivity contribution >= 4 is 22.9 Å². The number of rotatable bonds is 7. The molecule has 22 heavy (non-hydrogen) atoms. The van der Waals surface area contributed by atoms with Crippen molar-refractivity contribution in [1.29, 1.82) is 0 Å². The molecule has 0 aliphatic rings. The second-order valence-corrected chi connectivity index (χ2v) is 6.11. The molecule has 0 saturated carbocycles. The van der Waals surface area contributed by atoms with E-state index in [9.17, 15) is 4.79 Å². The summed E-state index contributed by atoms with van der Waals surface area (Å²) in [6.45, 7) is 0.591. The number of amides is 1. The van der Waals surface area contributed by atoms with E-state index in [0.29, 0.717) is 19.4 Å². The first-order valence-corrected chi connectivity index (χ1v) is 8.28. The van der Waals surface area contributed by atoms with Gasteiger partial charge in [-0.15, -0.1) is 21.5 Å². The maximum Gasteiger partial charge on any atom is 0.220 e. The Bertz CT molecular complexity index is 736. The predicted octanol–water partition coefficient (Wildman–Crippen LogP) is 2.47. The molecule has 0 atom stereocenters. The van der Waals surface area contributed by atoms with E-state index in [1.165, 1.54) is 4.88 Å². The molecule has 0 spiro atoms. The molecule has 3 heterocycles. The molecule has 0 radical (unpaired) electrons. The minimum Gasteiger partial charge on any atom is -0.356 e. The monoisotopic (exact) mass is 314 g/mol. The number of aromatic nitrogens is 3. The number of hydrogen-bond donors (Lipinski definition) is 1. The molecule has 0 aliphatic heterocycles. The summed E-state index contributed by atoms with van der Waals surface area (Å²) in [5.74, 6) is 0.972. The number of nitrogens with zero attached hydrogens (tertiary/aromatic N) is 3. The van der Waals surface area contributed by atoms with E-state index in [2.05, 4.69) is 27.0 Å². The number of hydrogen-bond acceptors (Lipinski definition) is 4. The Kier molecular flexibility index (Phi) is 4.80. The molecule has 3 aromatic rings. The van der Waals surface area contributed by atoms with Crippen LogP contribution in [0.2, 0.25) is 0 Å². The Morgan fingerprint density at radius 3 is 3.00 bits per heavy atom. The lowest BCUT2D eigenvalue weighted by Gasteiger charge is -2.04. The van der Waals surface area contributed by atoms with Crippen LogP contribution in [0.15, 0.2) is 41.9 Å². The molecule has 3 aromatic heterocycles. The van der Waals surface area contributed by atoms with Crippen molar-refractivity contribution in [2.45, 2.75) is 25.7 Å². The summed E-state index contributed by atoms with van der Waals surface area (Å²) in [6, 6.07) is 9.95. The molecular formula is C16H18N4OS. The topological polar surface area (TPSA) is 59.3 Å². The third-order valence-electron chi connectivity index (χ3n) is 3.46. The van der Waals surface area contributed by atoms with Crippen LogP contribution in [0.4, 0.5) is 0 Å². The van der Waals surface area contributed by atoms with Gasteiger partial charge in [-0.25, -0.2) is 0 Å². The summed E-state index contributed by atoms with van der Waals surface area (Å²) in [5.41, 5.74) is 0.833.